The number of ether oxygens (including phenoxy) is 1. The lowest BCUT2D eigenvalue weighted by Gasteiger charge is -2.28. The fraction of sp³-hybridized carbons (Fsp3) is 0.542. The van der Waals surface area contributed by atoms with Crippen LogP contribution in [0.2, 0.25) is 0 Å². The van der Waals surface area contributed by atoms with Crippen LogP contribution in [0.5, 0.6) is 0 Å². The summed E-state index contributed by atoms with van der Waals surface area (Å²) in [4.78, 5) is 44.0. The van der Waals surface area contributed by atoms with Crippen molar-refractivity contribution < 1.29 is 24.0 Å². The number of hydrogen-bond acceptors (Lipinski definition) is 7. The molecule has 3 amide bonds. The van der Waals surface area contributed by atoms with Gasteiger partial charge in [0.25, 0.3) is 5.91 Å². The van der Waals surface area contributed by atoms with Crippen LogP contribution in [0.3, 0.4) is 0 Å². The molecule has 0 radical (unpaired) electrons. The molecule has 0 aliphatic carbocycles. The summed E-state index contributed by atoms with van der Waals surface area (Å²) in [6.45, 7) is 4.73. The Hall–Kier alpha value is -2.40. The van der Waals surface area contributed by atoms with Crippen molar-refractivity contribution in [3.8, 4) is 0 Å². The molecule has 3 rings (SSSR count). The minimum atomic E-state index is -0.693. The molecule has 0 aromatic heterocycles. The Morgan fingerprint density at radius 1 is 1.24 bits per heavy atom. The Morgan fingerprint density at radius 3 is 2.68 bits per heavy atom. The molecule has 186 valence electrons. The molecule has 2 aliphatic rings. The summed E-state index contributed by atoms with van der Waals surface area (Å²) in [5.41, 5.74) is 6.20. The zero-order valence-corrected chi connectivity index (χ0v) is 20.5. The van der Waals surface area contributed by atoms with Gasteiger partial charge in [0.05, 0.1) is 30.5 Å². The van der Waals surface area contributed by atoms with E-state index >= 15 is 0 Å². The summed E-state index contributed by atoms with van der Waals surface area (Å²) in [6.07, 6.45) is 6.80. The van der Waals surface area contributed by atoms with Gasteiger partial charge in [-0.15, -0.1) is 0 Å². The molecule has 0 spiro atoms. The Labute approximate surface area is 205 Å². The van der Waals surface area contributed by atoms with Gasteiger partial charge in [0.1, 0.15) is 0 Å². The maximum absolute atomic E-state index is 13.3. The number of benzene rings is 1. The number of amides is 3. The van der Waals surface area contributed by atoms with Crippen molar-refractivity contribution in [3.05, 3.63) is 42.0 Å². The lowest BCUT2D eigenvalue weighted by atomic mass is 9.82. The SMILES string of the molecule is CC(C)C[C@@H](C(=O)NN1SNCC1=O)[C@H](C/C=C/c1ccccc1)C(=O)NOC1CCCCO1. The van der Waals surface area contributed by atoms with E-state index in [4.69, 9.17) is 9.57 Å². The molecular formula is C24H34N4O5S. The highest BCUT2D eigenvalue weighted by atomic mass is 32.2. The van der Waals surface area contributed by atoms with Gasteiger partial charge in [-0.25, -0.2) is 15.0 Å². The summed E-state index contributed by atoms with van der Waals surface area (Å²) in [5.74, 6) is -2.20. The third-order valence-corrected chi connectivity index (χ3v) is 6.38. The van der Waals surface area contributed by atoms with Crippen LogP contribution in [0.15, 0.2) is 36.4 Å². The fourth-order valence-electron chi connectivity index (χ4n) is 3.88. The van der Waals surface area contributed by atoms with Gasteiger partial charge >= 0.3 is 0 Å². The molecule has 2 heterocycles. The van der Waals surface area contributed by atoms with Gasteiger partial charge in [-0.1, -0.05) is 56.3 Å². The third-order valence-electron chi connectivity index (χ3n) is 5.63. The van der Waals surface area contributed by atoms with Crippen molar-refractivity contribution in [2.45, 2.75) is 52.2 Å². The summed E-state index contributed by atoms with van der Waals surface area (Å²) in [7, 11) is 0. The van der Waals surface area contributed by atoms with Crippen molar-refractivity contribution in [1.29, 1.82) is 0 Å². The second kappa shape index (κ2) is 13.5. The number of nitrogens with one attached hydrogen (secondary N) is 3. The first kappa shape index (κ1) is 26.2. The smallest absolute Gasteiger partial charge is 0.267 e. The van der Waals surface area contributed by atoms with E-state index in [9.17, 15) is 14.4 Å². The summed E-state index contributed by atoms with van der Waals surface area (Å²) >= 11 is 1.03. The second-order valence-electron chi connectivity index (χ2n) is 8.85. The zero-order chi connectivity index (χ0) is 24.3. The first-order valence-corrected chi connectivity index (χ1v) is 12.5. The molecule has 1 aromatic rings. The molecule has 9 nitrogen and oxygen atoms in total. The summed E-state index contributed by atoms with van der Waals surface area (Å²) in [5, 5.41) is 0. The molecule has 2 fully saturated rings. The molecule has 2 aliphatic heterocycles. The molecule has 34 heavy (non-hydrogen) atoms. The number of hydrazine groups is 1. The maximum atomic E-state index is 13.3. The molecule has 10 heteroatoms. The number of hydrogen-bond donors (Lipinski definition) is 3. The van der Waals surface area contributed by atoms with E-state index in [-0.39, 0.29) is 30.2 Å². The van der Waals surface area contributed by atoms with Crippen LogP contribution in [0.4, 0.5) is 0 Å². The predicted molar refractivity (Wildman–Crippen MR) is 130 cm³/mol. The van der Waals surface area contributed by atoms with Gasteiger partial charge in [-0.3, -0.25) is 19.8 Å². The molecule has 3 N–H and O–H groups in total. The van der Waals surface area contributed by atoms with Crippen LogP contribution < -0.4 is 15.6 Å². The van der Waals surface area contributed by atoms with Gasteiger partial charge in [0.15, 0.2) is 6.29 Å². The summed E-state index contributed by atoms with van der Waals surface area (Å²) in [6, 6.07) is 9.76. The standard InChI is InChI=1S/C24H34N4O5S/c1-17(2)15-20(23(30)26-28-21(29)16-25-34-28)19(12-8-11-18-9-4-3-5-10-18)24(31)27-33-22-13-6-7-14-32-22/h3-5,8-11,17,19-20,22,25H,6-7,12-16H2,1-2H3,(H,26,30)(H,27,31)/b11-8+/t19-,20+,22?/m0/s1. The Morgan fingerprint density at radius 2 is 2.03 bits per heavy atom. The minimum Gasteiger partial charge on any atom is -0.350 e. The fourth-order valence-corrected chi connectivity index (χ4v) is 4.50. The van der Waals surface area contributed by atoms with E-state index < -0.39 is 18.1 Å². The first-order chi connectivity index (χ1) is 16.4. The molecule has 1 aromatic carbocycles. The zero-order valence-electron chi connectivity index (χ0n) is 19.7. The van der Waals surface area contributed by atoms with Crippen molar-refractivity contribution in [1.82, 2.24) is 20.0 Å². The van der Waals surface area contributed by atoms with Gasteiger partial charge in [0.2, 0.25) is 11.8 Å². The molecule has 1 unspecified atom stereocenters. The summed E-state index contributed by atoms with van der Waals surface area (Å²) < 4.78 is 9.54. The highest BCUT2D eigenvalue weighted by Gasteiger charge is 2.36. The van der Waals surface area contributed by atoms with Gasteiger partial charge in [-0.05, 0) is 37.2 Å². The largest absolute Gasteiger partial charge is 0.350 e. The van der Waals surface area contributed by atoms with Crippen LogP contribution in [0.1, 0.15) is 51.5 Å². The van der Waals surface area contributed by atoms with Gasteiger partial charge in [0, 0.05) is 13.0 Å². The third kappa shape index (κ3) is 8.12. The number of hydroxylamine groups is 1. The monoisotopic (exact) mass is 490 g/mol. The van der Waals surface area contributed by atoms with Crippen molar-refractivity contribution in [2.75, 3.05) is 13.2 Å². The number of allylic oxidation sites excluding steroid dienone is 1. The molecule has 0 bridgehead atoms. The van der Waals surface area contributed by atoms with Crippen LogP contribution in [-0.2, 0) is 24.0 Å². The van der Waals surface area contributed by atoms with Gasteiger partial charge in [-0.2, -0.15) is 4.41 Å². The Balaban J connectivity index is 1.74. The Kier molecular flexibility index (Phi) is 10.4. The quantitative estimate of drug-likeness (QED) is 0.323. The van der Waals surface area contributed by atoms with Crippen molar-refractivity contribution >= 4 is 35.9 Å². The number of rotatable bonds is 11. The molecule has 3 atom stereocenters. The van der Waals surface area contributed by atoms with Crippen molar-refractivity contribution in [3.63, 3.8) is 0 Å². The lowest BCUT2D eigenvalue weighted by Crippen LogP contribution is -2.48. The van der Waals surface area contributed by atoms with Crippen LogP contribution in [0, 0.1) is 17.8 Å². The lowest BCUT2D eigenvalue weighted by molar-refractivity contribution is -0.203. The molecular weight excluding hydrogens is 456 g/mol. The first-order valence-electron chi connectivity index (χ1n) is 11.8. The maximum Gasteiger partial charge on any atom is 0.267 e. The van der Waals surface area contributed by atoms with Crippen LogP contribution in [0.25, 0.3) is 6.08 Å². The molecule has 2 saturated heterocycles. The predicted octanol–water partition coefficient (Wildman–Crippen LogP) is 2.97. The number of nitrogens with zero attached hydrogens (tertiary/aromatic N) is 1. The van der Waals surface area contributed by atoms with Crippen LogP contribution in [-0.4, -0.2) is 41.6 Å². The second-order valence-corrected chi connectivity index (χ2v) is 9.68. The van der Waals surface area contributed by atoms with E-state index in [1.165, 1.54) is 4.41 Å². The minimum absolute atomic E-state index is 0.138. The number of carbonyl (C=O) groups excluding carboxylic acids is 3. The Bertz CT molecular complexity index is 845. The topological polar surface area (TPSA) is 109 Å². The van der Waals surface area contributed by atoms with E-state index in [1.807, 2.05) is 56.3 Å². The average Bonchev–Trinajstić information content (AvgIpc) is 3.24. The highest BCUT2D eigenvalue weighted by molar-refractivity contribution is 7.96. The molecule has 0 saturated carbocycles. The van der Waals surface area contributed by atoms with E-state index in [1.54, 1.807) is 0 Å². The van der Waals surface area contributed by atoms with Gasteiger partial charge < -0.3 is 4.74 Å². The van der Waals surface area contributed by atoms with E-state index in [0.29, 0.717) is 25.9 Å². The van der Waals surface area contributed by atoms with E-state index in [0.717, 1.165) is 30.5 Å². The number of carbonyl (C=O) groups is 3. The van der Waals surface area contributed by atoms with Crippen LogP contribution >= 0.6 is 12.1 Å². The average molecular weight is 491 g/mol. The van der Waals surface area contributed by atoms with E-state index in [2.05, 4.69) is 15.6 Å². The normalized spacial score (nSPS) is 20.5. The highest BCUT2D eigenvalue weighted by Crippen LogP contribution is 2.26. The van der Waals surface area contributed by atoms with Crippen molar-refractivity contribution in [2.24, 2.45) is 17.8 Å².